The quantitative estimate of drug-likeness (QED) is 0.616. The number of nitrogens with one attached hydrogen (secondary N) is 2. The lowest BCUT2D eigenvalue weighted by molar-refractivity contribution is 0.0530. The van der Waals surface area contributed by atoms with Crippen molar-refractivity contribution in [2.45, 2.75) is 57.9 Å². The van der Waals surface area contributed by atoms with E-state index in [9.17, 15) is 4.79 Å². The second-order valence-corrected chi connectivity index (χ2v) is 9.25. The van der Waals surface area contributed by atoms with Crippen LogP contribution in [-0.2, 0) is 12.8 Å². The van der Waals surface area contributed by atoms with E-state index < -0.39 is 0 Å². The van der Waals surface area contributed by atoms with Gasteiger partial charge in [0.15, 0.2) is 0 Å². The molecule has 1 amide bonds. The number of carbonyl (C=O) groups is 1. The number of aromatic nitrogens is 3. The number of carbonyl (C=O) groups excluding carboxylic acids is 1. The van der Waals surface area contributed by atoms with Crippen LogP contribution in [-0.4, -0.2) is 45.1 Å². The zero-order chi connectivity index (χ0) is 21.2. The molecule has 0 atom stereocenters. The van der Waals surface area contributed by atoms with Gasteiger partial charge in [-0.25, -0.2) is 4.98 Å². The number of benzene rings is 1. The molecule has 2 aliphatic rings. The Bertz CT molecular complexity index is 1050. The van der Waals surface area contributed by atoms with Crippen LogP contribution in [0.1, 0.15) is 60.6 Å². The maximum Gasteiger partial charge on any atom is 0.253 e. The largest absolute Gasteiger partial charge is 0.367 e. The number of hydrogen-bond donors (Lipinski definition) is 2. The number of nitrogens with zero attached hydrogens (tertiary/aromatic N) is 3. The second kappa shape index (κ2) is 8.69. The Kier molecular flexibility index (Phi) is 5.62. The Labute approximate surface area is 183 Å². The predicted molar refractivity (Wildman–Crippen MR) is 123 cm³/mol. The van der Waals surface area contributed by atoms with E-state index in [4.69, 9.17) is 0 Å². The molecule has 6 heteroatoms. The first-order valence-electron chi connectivity index (χ1n) is 11.6. The maximum absolute atomic E-state index is 12.5. The summed E-state index contributed by atoms with van der Waals surface area (Å²) in [5, 5.41) is 12.5. The number of anilines is 1. The summed E-state index contributed by atoms with van der Waals surface area (Å²) in [6.07, 6.45) is 9.95. The lowest BCUT2D eigenvalue weighted by Crippen LogP contribution is -2.48. The monoisotopic (exact) mass is 417 g/mol. The number of pyridine rings is 1. The Morgan fingerprint density at radius 1 is 1.10 bits per heavy atom. The molecule has 0 bridgehead atoms. The van der Waals surface area contributed by atoms with Crippen LogP contribution < -0.4 is 5.32 Å². The first-order valence-corrected chi connectivity index (χ1v) is 11.6. The fourth-order valence-electron chi connectivity index (χ4n) is 4.89. The van der Waals surface area contributed by atoms with Crippen molar-refractivity contribution in [2.24, 2.45) is 5.92 Å². The average Bonchev–Trinajstić information content (AvgIpc) is 3.20. The van der Waals surface area contributed by atoms with Crippen LogP contribution in [0.2, 0.25) is 0 Å². The van der Waals surface area contributed by atoms with Gasteiger partial charge in [0.05, 0.1) is 10.9 Å². The molecule has 2 aromatic heterocycles. The molecule has 6 nitrogen and oxygen atoms in total. The van der Waals surface area contributed by atoms with Gasteiger partial charge in [-0.05, 0) is 55.4 Å². The van der Waals surface area contributed by atoms with Gasteiger partial charge in [0, 0.05) is 36.6 Å². The van der Waals surface area contributed by atoms with Gasteiger partial charge in [-0.1, -0.05) is 38.3 Å². The average molecular weight is 418 g/mol. The first kappa shape index (κ1) is 20.0. The summed E-state index contributed by atoms with van der Waals surface area (Å²) < 4.78 is 0. The highest BCUT2D eigenvalue weighted by molar-refractivity contribution is 5.94. The molecule has 2 N–H and O–H groups in total. The van der Waals surface area contributed by atoms with Crippen LogP contribution in [0.4, 0.5) is 5.82 Å². The van der Waals surface area contributed by atoms with E-state index in [1.165, 1.54) is 37.7 Å². The molecular weight excluding hydrogens is 386 g/mol. The van der Waals surface area contributed by atoms with Crippen molar-refractivity contribution in [3.8, 4) is 0 Å². The minimum atomic E-state index is 0.147. The molecule has 162 valence electrons. The van der Waals surface area contributed by atoms with Gasteiger partial charge < -0.3 is 10.2 Å². The molecule has 1 aliphatic carbocycles. The highest BCUT2D eigenvalue weighted by atomic mass is 16.2. The summed E-state index contributed by atoms with van der Waals surface area (Å²) in [6, 6.07) is 10.6. The van der Waals surface area contributed by atoms with Crippen molar-refractivity contribution in [1.29, 1.82) is 0 Å². The fraction of sp³-hybridized carbons (Fsp3) is 0.480. The second-order valence-electron chi connectivity index (χ2n) is 9.25. The zero-order valence-electron chi connectivity index (χ0n) is 18.2. The molecule has 5 rings (SSSR count). The molecule has 1 saturated heterocycles. The van der Waals surface area contributed by atoms with Gasteiger partial charge in [-0.2, -0.15) is 5.10 Å². The highest BCUT2D eigenvalue weighted by Crippen LogP contribution is 2.28. The lowest BCUT2D eigenvalue weighted by atomic mass is 9.95. The van der Waals surface area contributed by atoms with Crippen molar-refractivity contribution in [3.05, 3.63) is 53.3 Å². The molecule has 3 heterocycles. The molecule has 0 spiro atoms. The van der Waals surface area contributed by atoms with Crippen molar-refractivity contribution in [3.63, 3.8) is 0 Å². The molecular formula is C25H31N5O. The van der Waals surface area contributed by atoms with E-state index in [-0.39, 0.29) is 5.91 Å². The van der Waals surface area contributed by atoms with Crippen LogP contribution in [0.15, 0.2) is 36.5 Å². The van der Waals surface area contributed by atoms with Crippen LogP contribution in [0.5, 0.6) is 0 Å². The number of aryl methyl sites for hydroxylation is 2. The number of aromatic amines is 1. The minimum Gasteiger partial charge on any atom is -0.367 e. The maximum atomic E-state index is 12.5. The molecule has 0 unspecified atom stereocenters. The summed E-state index contributed by atoms with van der Waals surface area (Å²) in [5.41, 5.74) is 4.09. The highest BCUT2D eigenvalue weighted by Gasteiger charge is 2.27. The number of fused-ring (bicyclic) bond motifs is 1. The van der Waals surface area contributed by atoms with Gasteiger partial charge in [0.1, 0.15) is 5.82 Å². The standard InChI is InChI=1S/C25H31N5O/c1-17-15-30(16-17)25(31)19-10-7-18(8-11-19)9-12-21-23-22(29-28-21)13-14-26-24(23)27-20-5-3-2-4-6-20/h7-8,10-11,13-14,17,20H,2-6,9,12,15-16H2,1H3,(H,26,27)(H,28,29). The number of hydrogen-bond acceptors (Lipinski definition) is 4. The van der Waals surface area contributed by atoms with Gasteiger partial charge in [0.2, 0.25) is 0 Å². The summed E-state index contributed by atoms with van der Waals surface area (Å²) in [4.78, 5) is 19.0. The van der Waals surface area contributed by atoms with Crippen LogP contribution in [0.3, 0.4) is 0 Å². The summed E-state index contributed by atoms with van der Waals surface area (Å²) in [5.74, 6) is 1.73. The number of likely N-dealkylation sites (tertiary alicyclic amines) is 1. The zero-order valence-corrected chi connectivity index (χ0v) is 18.2. The Morgan fingerprint density at radius 3 is 2.61 bits per heavy atom. The normalized spacial score (nSPS) is 17.6. The van der Waals surface area contributed by atoms with E-state index in [1.807, 2.05) is 29.3 Å². The molecule has 3 aromatic rings. The van der Waals surface area contributed by atoms with Crippen LogP contribution in [0.25, 0.3) is 10.9 Å². The van der Waals surface area contributed by atoms with E-state index >= 15 is 0 Å². The van der Waals surface area contributed by atoms with E-state index in [1.54, 1.807) is 0 Å². The number of rotatable bonds is 6. The molecule has 1 aliphatic heterocycles. The van der Waals surface area contributed by atoms with Gasteiger partial charge in [-0.3, -0.25) is 9.89 Å². The van der Waals surface area contributed by atoms with Crippen LogP contribution >= 0.6 is 0 Å². The first-order chi connectivity index (χ1) is 15.2. The minimum absolute atomic E-state index is 0.147. The van der Waals surface area contributed by atoms with Crippen molar-refractivity contribution in [1.82, 2.24) is 20.1 Å². The van der Waals surface area contributed by atoms with Crippen molar-refractivity contribution < 1.29 is 4.79 Å². The molecule has 1 saturated carbocycles. The molecule has 0 radical (unpaired) electrons. The van der Waals surface area contributed by atoms with Crippen molar-refractivity contribution >= 4 is 22.6 Å². The Balaban J connectivity index is 1.27. The smallest absolute Gasteiger partial charge is 0.253 e. The molecule has 31 heavy (non-hydrogen) atoms. The fourth-order valence-corrected chi connectivity index (χ4v) is 4.89. The van der Waals surface area contributed by atoms with E-state index in [0.29, 0.717) is 12.0 Å². The predicted octanol–water partition coefficient (Wildman–Crippen LogP) is 4.58. The Morgan fingerprint density at radius 2 is 1.87 bits per heavy atom. The third-order valence-corrected chi connectivity index (χ3v) is 6.70. The van der Waals surface area contributed by atoms with Crippen LogP contribution in [0, 0.1) is 5.92 Å². The van der Waals surface area contributed by atoms with E-state index in [0.717, 1.165) is 53.9 Å². The lowest BCUT2D eigenvalue weighted by Gasteiger charge is -2.37. The summed E-state index contributed by atoms with van der Waals surface area (Å²) in [6.45, 7) is 3.93. The molecule has 2 fully saturated rings. The summed E-state index contributed by atoms with van der Waals surface area (Å²) >= 11 is 0. The van der Waals surface area contributed by atoms with Gasteiger partial charge >= 0.3 is 0 Å². The van der Waals surface area contributed by atoms with Crippen molar-refractivity contribution in [2.75, 3.05) is 18.4 Å². The molecule has 1 aromatic carbocycles. The third kappa shape index (κ3) is 4.29. The third-order valence-electron chi connectivity index (χ3n) is 6.70. The Hall–Kier alpha value is -2.89. The summed E-state index contributed by atoms with van der Waals surface area (Å²) in [7, 11) is 0. The SMILES string of the molecule is CC1CN(C(=O)c2ccc(CCc3[nH]nc4ccnc(NC5CCCCC5)c34)cc2)C1. The van der Waals surface area contributed by atoms with Gasteiger partial charge in [-0.15, -0.1) is 0 Å². The number of amides is 1. The van der Waals surface area contributed by atoms with E-state index in [2.05, 4.69) is 39.6 Å². The van der Waals surface area contributed by atoms with Gasteiger partial charge in [0.25, 0.3) is 5.91 Å². The topological polar surface area (TPSA) is 73.9 Å². The number of H-pyrrole nitrogens is 1.